The molecule has 2 aromatic carbocycles. The molecule has 0 radical (unpaired) electrons. The standard InChI is InChI=1S/C25H27NO7/c1-15(2)21(26-24(29)33-25(3,4)5)23(28)32-17-11-12-18-19(13-17)30-14-20(22(18)27)31-16-9-7-6-8-10-16/h6-15,21H,1-5H3,(H,26,29)/t21-/m1/s1. The highest BCUT2D eigenvalue weighted by molar-refractivity contribution is 5.85. The Morgan fingerprint density at radius 3 is 2.33 bits per heavy atom. The molecule has 1 N–H and O–H groups in total. The van der Waals surface area contributed by atoms with Crippen molar-refractivity contribution < 1.29 is 28.2 Å². The lowest BCUT2D eigenvalue weighted by Gasteiger charge is -2.24. The highest BCUT2D eigenvalue weighted by Gasteiger charge is 2.28. The molecule has 0 unspecified atom stereocenters. The molecule has 1 atom stereocenters. The number of esters is 1. The minimum atomic E-state index is -0.927. The van der Waals surface area contributed by atoms with Crippen LogP contribution in [0.4, 0.5) is 4.79 Å². The quantitative estimate of drug-likeness (QED) is 0.412. The molecule has 0 spiro atoms. The van der Waals surface area contributed by atoms with Gasteiger partial charge in [0.1, 0.15) is 35.0 Å². The summed E-state index contributed by atoms with van der Waals surface area (Å²) >= 11 is 0. The number of hydrogen-bond acceptors (Lipinski definition) is 7. The van der Waals surface area contributed by atoms with Crippen molar-refractivity contribution >= 4 is 23.0 Å². The fraction of sp³-hybridized carbons (Fsp3) is 0.320. The number of para-hydroxylation sites is 1. The van der Waals surface area contributed by atoms with E-state index in [9.17, 15) is 14.4 Å². The molecule has 3 rings (SSSR count). The van der Waals surface area contributed by atoms with Gasteiger partial charge in [0, 0.05) is 6.07 Å². The molecule has 1 heterocycles. The van der Waals surface area contributed by atoms with Crippen LogP contribution in [0.1, 0.15) is 34.6 Å². The third-order valence-corrected chi connectivity index (χ3v) is 4.50. The van der Waals surface area contributed by atoms with Crippen molar-refractivity contribution in [1.82, 2.24) is 5.32 Å². The predicted molar refractivity (Wildman–Crippen MR) is 123 cm³/mol. The maximum absolute atomic E-state index is 12.7. The van der Waals surface area contributed by atoms with E-state index in [1.54, 1.807) is 58.9 Å². The Bertz CT molecular complexity index is 1190. The van der Waals surface area contributed by atoms with E-state index in [-0.39, 0.29) is 33.8 Å². The zero-order chi connectivity index (χ0) is 24.2. The molecule has 0 saturated heterocycles. The molecular weight excluding hydrogens is 426 g/mol. The Labute approximate surface area is 191 Å². The Kier molecular flexibility index (Phi) is 7.06. The van der Waals surface area contributed by atoms with E-state index in [0.717, 1.165) is 0 Å². The van der Waals surface area contributed by atoms with E-state index in [0.29, 0.717) is 5.75 Å². The van der Waals surface area contributed by atoms with Crippen LogP contribution >= 0.6 is 0 Å². The Morgan fingerprint density at radius 1 is 1.00 bits per heavy atom. The van der Waals surface area contributed by atoms with Crippen molar-refractivity contribution in [2.45, 2.75) is 46.3 Å². The number of fused-ring (bicyclic) bond motifs is 1. The van der Waals surface area contributed by atoms with Gasteiger partial charge in [0.2, 0.25) is 11.2 Å². The van der Waals surface area contributed by atoms with E-state index in [1.165, 1.54) is 24.5 Å². The molecule has 0 saturated carbocycles. The first-order chi connectivity index (χ1) is 15.5. The normalized spacial score (nSPS) is 12.3. The van der Waals surface area contributed by atoms with Crippen LogP contribution in [0.3, 0.4) is 0 Å². The number of hydrogen-bond donors (Lipinski definition) is 1. The Balaban J connectivity index is 1.76. The molecule has 174 valence electrons. The van der Waals surface area contributed by atoms with Crippen molar-refractivity contribution in [2.24, 2.45) is 5.92 Å². The summed E-state index contributed by atoms with van der Waals surface area (Å²) in [5.74, 6) is -0.196. The molecule has 8 heteroatoms. The number of nitrogens with one attached hydrogen (secondary N) is 1. The first-order valence-electron chi connectivity index (χ1n) is 10.5. The van der Waals surface area contributed by atoms with Gasteiger partial charge in [0.25, 0.3) is 0 Å². The van der Waals surface area contributed by atoms with E-state index in [2.05, 4.69) is 5.32 Å². The fourth-order valence-corrected chi connectivity index (χ4v) is 2.95. The SMILES string of the molecule is CC(C)[C@@H](NC(=O)OC(C)(C)C)C(=O)Oc1ccc2c(=O)c(Oc3ccccc3)coc2c1. The summed E-state index contributed by atoms with van der Waals surface area (Å²) in [4.78, 5) is 37.6. The molecule has 0 fully saturated rings. The maximum atomic E-state index is 12.7. The van der Waals surface area contributed by atoms with Gasteiger partial charge in [-0.25, -0.2) is 9.59 Å². The van der Waals surface area contributed by atoms with E-state index in [1.807, 2.05) is 6.07 Å². The Hall–Kier alpha value is -3.81. The van der Waals surface area contributed by atoms with Crippen LogP contribution in [0, 0.1) is 5.92 Å². The summed E-state index contributed by atoms with van der Waals surface area (Å²) in [6.07, 6.45) is 0.498. The van der Waals surface area contributed by atoms with Crippen molar-refractivity contribution in [3.05, 3.63) is 65.0 Å². The molecule has 0 aliphatic rings. The van der Waals surface area contributed by atoms with Crippen LogP contribution in [0.25, 0.3) is 11.0 Å². The summed E-state index contributed by atoms with van der Waals surface area (Å²) in [5.41, 5.74) is -0.828. The number of rotatable bonds is 6. The summed E-state index contributed by atoms with van der Waals surface area (Å²) in [5, 5.41) is 2.82. The second-order valence-electron chi connectivity index (χ2n) is 8.79. The van der Waals surface area contributed by atoms with Crippen LogP contribution in [0.2, 0.25) is 0 Å². The van der Waals surface area contributed by atoms with Gasteiger partial charge >= 0.3 is 12.1 Å². The van der Waals surface area contributed by atoms with Gasteiger partial charge in [0.05, 0.1) is 5.39 Å². The lowest BCUT2D eigenvalue weighted by atomic mass is 10.1. The molecule has 3 aromatic rings. The van der Waals surface area contributed by atoms with Crippen molar-refractivity contribution in [1.29, 1.82) is 0 Å². The van der Waals surface area contributed by atoms with Crippen molar-refractivity contribution in [3.8, 4) is 17.2 Å². The summed E-state index contributed by atoms with van der Waals surface area (Å²) < 4.78 is 21.8. The molecule has 8 nitrogen and oxygen atoms in total. The largest absolute Gasteiger partial charge is 0.460 e. The van der Waals surface area contributed by atoms with Crippen LogP contribution in [0.5, 0.6) is 17.2 Å². The van der Waals surface area contributed by atoms with Gasteiger partial charge in [-0.05, 0) is 51.0 Å². The summed E-state index contributed by atoms with van der Waals surface area (Å²) in [7, 11) is 0. The number of carbonyl (C=O) groups is 2. The minimum Gasteiger partial charge on any atom is -0.460 e. The van der Waals surface area contributed by atoms with Gasteiger partial charge in [-0.2, -0.15) is 0 Å². The van der Waals surface area contributed by atoms with E-state index in [4.69, 9.17) is 18.6 Å². The summed E-state index contributed by atoms with van der Waals surface area (Å²) in [6.45, 7) is 8.74. The average molecular weight is 453 g/mol. The lowest BCUT2D eigenvalue weighted by molar-refractivity contribution is -0.137. The first-order valence-corrected chi connectivity index (χ1v) is 10.5. The monoisotopic (exact) mass is 453 g/mol. The van der Waals surface area contributed by atoms with Crippen LogP contribution in [-0.2, 0) is 9.53 Å². The summed E-state index contributed by atoms with van der Waals surface area (Å²) in [6, 6.07) is 12.4. The smallest absolute Gasteiger partial charge is 0.408 e. The molecule has 0 aliphatic heterocycles. The first kappa shape index (κ1) is 23.8. The third-order valence-electron chi connectivity index (χ3n) is 4.50. The number of carbonyl (C=O) groups excluding carboxylic acids is 2. The predicted octanol–water partition coefficient (Wildman–Crippen LogP) is 5.04. The van der Waals surface area contributed by atoms with Crippen molar-refractivity contribution in [3.63, 3.8) is 0 Å². The Morgan fingerprint density at radius 2 is 1.70 bits per heavy atom. The van der Waals surface area contributed by atoms with Crippen LogP contribution in [-0.4, -0.2) is 23.7 Å². The van der Waals surface area contributed by atoms with Crippen molar-refractivity contribution in [2.75, 3.05) is 0 Å². The van der Waals surface area contributed by atoms with Crippen LogP contribution < -0.4 is 20.2 Å². The van der Waals surface area contributed by atoms with Gasteiger partial charge in [-0.1, -0.05) is 32.0 Å². The fourth-order valence-electron chi connectivity index (χ4n) is 2.95. The van der Waals surface area contributed by atoms with E-state index >= 15 is 0 Å². The second kappa shape index (κ2) is 9.77. The van der Waals surface area contributed by atoms with E-state index < -0.39 is 23.7 Å². The van der Waals surface area contributed by atoms with Gasteiger partial charge in [-0.15, -0.1) is 0 Å². The lowest BCUT2D eigenvalue weighted by Crippen LogP contribution is -2.48. The topological polar surface area (TPSA) is 104 Å². The zero-order valence-corrected chi connectivity index (χ0v) is 19.2. The van der Waals surface area contributed by atoms with Gasteiger partial charge < -0.3 is 23.9 Å². The third kappa shape index (κ3) is 6.35. The van der Waals surface area contributed by atoms with Gasteiger partial charge in [0.15, 0.2) is 0 Å². The highest BCUT2D eigenvalue weighted by Crippen LogP contribution is 2.24. The number of ether oxygens (including phenoxy) is 3. The molecule has 1 aromatic heterocycles. The number of amides is 1. The zero-order valence-electron chi connectivity index (χ0n) is 19.2. The molecule has 0 aliphatic carbocycles. The highest BCUT2D eigenvalue weighted by atomic mass is 16.6. The number of benzene rings is 2. The second-order valence-corrected chi connectivity index (χ2v) is 8.79. The minimum absolute atomic E-state index is 0.0416. The molecular formula is C25H27NO7. The average Bonchev–Trinajstić information content (AvgIpc) is 2.73. The number of alkyl carbamates (subject to hydrolysis) is 1. The molecule has 1 amide bonds. The van der Waals surface area contributed by atoms with Crippen LogP contribution in [0.15, 0.2) is 64.0 Å². The van der Waals surface area contributed by atoms with Gasteiger partial charge in [-0.3, -0.25) is 4.79 Å². The molecule has 33 heavy (non-hydrogen) atoms. The maximum Gasteiger partial charge on any atom is 0.408 e. The molecule has 0 bridgehead atoms.